The Morgan fingerprint density at radius 1 is 0.952 bits per heavy atom. The highest BCUT2D eigenvalue weighted by atomic mass is 17.3. The molecule has 2 nitrogen and oxygen atoms in total. The van der Waals surface area contributed by atoms with Crippen LogP contribution in [-0.4, -0.2) is 5.60 Å². The Kier molecular flexibility index (Phi) is 2.36. The quantitative estimate of drug-likeness (QED) is 0.713. The van der Waals surface area contributed by atoms with Crippen LogP contribution in [0.25, 0.3) is 0 Å². The van der Waals surface area contributed by atoms with E-state index in [-0.39, 0.29) is 11.2 Å². The highest BCUT2D eigenvalue weighted by molar-refractivity contribution is 5.34. The van der Waals surface area contributed by atoms with Crippen LogP contribution in [0.3, 0.4) is 0 Å². The zero-order valence-corrected chi connectivity index (χ0v) is 13.0. The first-order valence-electron chi connectivity index (χ1n) is 8.56. The van der Waals surface area contributed by atoms with Crippen molar-refractivity contribution in [2.45, 2.75) is 57.2 Å². The number of benzene rings is 1. The van der Waals surface area contributed by atoms with Crippen molar-refractivity contribution in [1.82, 2.24) is 0 Å². The molecule has 1 unspecified atom stereocenters. The average Bonchev–Trinajstić information content (AvgIpc) is 2.44. The third kappa shape index (κ3) is 1.41. The molecule has 1 aliphatic heterocycles. The van der Waals surface area contributed by atoms with E-state index in [4.69, 9.17) is 9.78 Å². The monoisotopic (exact) mass is 284 g/mol. The van der Waals surface area contributed by atoms with Gasteiger partial charge in [0.05, 0.1) is 0 Å². The average molecular weight is 284 g/mol. The summed E-state index contributed by atoms with van der Waals surface area (Å²) in [5.41, 5.74) is 2.32. The first-order valence-corrected chi connectivity index (χ1v) is 8.56. The van der Waals surface area contributed by atoms with Crippen LogP contribution in [0.2, 0.25) is 0 Å². The minimum Gasteiger partial charge on any atom is -0.225 e. The lowest BCUT2D eigenvalue weighted by Gasteiger charge is -2.69. The van der Waals surface area contributed by atoms with E-state index >= 15 is 0 Å². The molecular weight excluding hydrogens is 260 g/mol. The van der Waals surface area contributed by atoms with Gasteiger partial charge in [-0.3, -0.25) is 0 Å². The highest BCUT2D eigenvalue weighted by Gasteiger charge is 2.73. The van der Waals surface area contributed by atoms with E-state index in [1.54, 1.807) is 0 Å². The molecule has 1 aromatic rings. The summed E-state index contributed by atoms with van der Waals surface area (Å²) >= 11 is 0. The van der Waals surface area contributed by atoms with Gasteiger partial charge in [0.15, 0.2) is 5.60 Å². The number of rotatable bonds is 1. The molecule has 21 heavy (non-hydrogen) atoms. The lowest BCUT2D eigenvalue weighted by atomic mass is 9.45. The second-order valence-electron chi connectivity index (χ2n) is 8.17. The van der Waals surface area contributed by atoms with Crippen molar-refractivity contribution in [3.05, 3.63) is 35.4 Å². The van der Waals surface area contributed by atoms with Gasteiger partial charge in [0, 0.05) is 0 Å². The molecule has 5 aliphatic rings. The van der Waals surface area contributed by atoms with E-state index in [1.807, 2.05) is 0 Å². The predicted octanol–water partition coefficient (Wildman–Crippen LogP) is 4.37. The van der Waals surface area contributed by atoms with E-state index in [1.165, 1.54) is 43.2 Å². The molecular formula is C19H24O2. The van der Waals surface area contributed by atoms with Gasteiger partial charge in [0.25, 0.3) is 0 Å². The van der Waals surface area contributed by atoms with Crippen LogP contribution in [0.4, 0.5) is 0 Å². The maximum Gasteiger partial charge on any atom is 0.158 e. The fraction of sp³-hybridized carbons (Fsp3) is 0.684. The van der Waals surface area contributed by atoms with Gasteiger partial charge < -0.3 is 0 Å². The summed E-state index contributed by atoms with van der Waals surface area (Å²) in [5.74, 6) is 3.33. The smallest absolute Gasteiger partial charge is 0.158 e. The van der Waals surface area contributed by atoms with Gasteiger partial charge >= 0.3 is 0 Å². The summed E-state index contributed by atoms with van der Waals surface area (Å²) in [6.45, 7) is 4.43. The fourth-order valence-electron chi connectivity index (χ4n) is 6.28. The van der Waals surface area contributed by atoms with Crippen LogP contribution in [0.5, 0.6) is 0 Å². The summed E-state index contributed by atoms with van der Waals surface area (Å²) in [6.07, 6.45) is 6.91. The molecule has 1 spiro atoms. The second-order valence-corrected chi connectivity index (χ2v) is 8.17. The fourth-order valence-corrected chi connectivity index (χ4v) is 6.28. The van der Waals surface area contributed by atoms with Crippen molar-refractivity contribution in [3.8, 4) is 0 Å². The maximum absolute atomic E-state index is 6.01. The molecule has 4 aliphatic carbocycles. The summed E-state index contributed by atoms with van der Waals surface area (Å²) in [7, 11) is 0. The van der Waals surface area contributed by atoms with Crippen LogP contribution < -0.4 is 0 Å². The molecule has 0 aromatic heterocycles. The van der Waals surface area contributed by atoms with Gasteiger partial charge in [0.1, 0.15) is 5.60 Å². The number of hydrogen-bond acceptors (Lipinski definition) is 2. The van der Waals surface area contributed by atoms with Crippen molar-refractivity contribution in [2.24, 2.45) is 23.7 Å². The van der Waals surface area contributed by atoms with Crippen LogP contribution in [0.1, 0.15) is 50.2 Å². The Morgan fingerprint density at radius 2 is 1.62 bits per heavy atom. The molecule has 4 saturated carbocycles. The van der Waals surface area contributed by atoms with Crippen LogP contribution in [-0.2, 0) is 15.4 Å². The van der Waals surface area contributed by atoms with Gasteiger partial charge in [-0.25, -0.2) is 9.78 Å². The lowest BCUT2D eigenvalue weighted by Crippen LogP contribution is -2.74. The van der Waals surface area contributed by atoms with Crippen molar-refractivity contribution >= 4 is 0 Å². The van der Waals surface area contributed by atoms with Crippen molar-refractivity contribution in [2.75, 3.05) is 0 Å². The van der Waals surface area contributed by atoms with Gasteiger partial charge in [-0.05, 0) is 75.2 Å². The Balaban J connectivity index is 1.60. The standard InChI is InChI=1S/C19H24O2/c1-12-4-3-5-15(6-12)18(2)19(21-20-18)16-8-13-7-14(10-16)11-17(19)9-13/h3-6,13-14,16-17H,7-11H2,1-2H3. The van der Waals surface area contributed by atoms with Crippen molar-refractivity contribution in [1.29, 1.82) is 0 Å². The first kappa shape index (κ1) is 12.7. The third-order valence-corrected chi connectivity index (χ3v) is 7.01. The Morgan fingerprint density at radius 3 is 2.14 bits per heavy atom. The van der Waals surface area contributed by atoms with Crippen LogP contribution in [0, 0.1) is 30.6 Å². The predicted molar refractivity (Wildman–Crippen MR) is 80.5 cm³/mol. The molecule has 6 rings (SSSR count). The normalized spacial score (nSPS) is 50.4. The minimum atomic E-state index is -0.248. The summed E-state index contributed by atoms with van der Waals surface area (Å²) < 4.78 is 0. The Labute approximate surface area is 126 Å². The Bertz CT molecular complexity index is 565. The molecule has 1 saturated heterocycles. The SMILES string of the molecule is Cc1cccc(C2(C)OOC23C2CC4CC(C2)CC3C4)c1. The van der Waals surface area contributed by atoms with Gasteiger partial charge in [-0.2, -0.15) is 0 Å². The molecule has 1 heterocycles. The molecule has 1 aromatic carbocycles. The molecule has 0 radical (unpaired) electrons. The largest absolute Gasteiger partial charge is 0.225 e. The van der Waals surface area contributed by atoms with E-state index in [2.05, 4.69) is 38.1 Å². The molecule has 0 amide bonds. The second kappa shape index (κ2) is 3.91. The topological polar surface area (TPSA) is 18.5 Å². The summed E-state index contributed by atoms with van der Waals surface area (Å²) in [5, 5.41) is 0. The molecule has 5 fully saturated rings. The molecule has 1 atom stereocenters. The Hall–Kier alpha value is -0.860. The third-order valence-electron chi connectivity index (χ3n) is 7.01. The molecule has 2 heteroatoms. The van der Waals surface area contributed by atoms with Gasteiger partial charge in [-0.15, -0.1) is 0 Å². The van der Waals surface area contributed by atoms with Gasteiger partial charge in [-0.1, -0.05) is 29.8 Å². The molecule has 4 bridgehead atoms. The van der Waals surface area contributed by atoms with Crippen LogP contribution >= 0.6 is 0 Å². The zero-order chi connectivity index (χ0) is 14.2. The number of aryl methyl sites for hydroxylation is 1. The summed E-state index contributed by atoms with van der Waals surface area (Å²) in [6, 6.07) is 8.83. The highest BCUT2D eigenvalue weighted by Crippen LogP contribution is 2.68. The van der Waals surface area contributed by atoms with Gasteiger partial charge in [0.2, 0.25) is 0 Å². The van der Waals surface area contributed by atoms with E-state index in [0.29, 0.717) is 11.8 Å². The van der Waals surface area contributed by atoms with E-state index < -0.39 is 0 Å². The number of hydrogen-bond donors (Lipinski definition) is 0. The molecule has 0 N–H and O–H groups in total. The van der Waals surface area contributed by atoms with E-state index in [0.717, 1.165) is 11.8 Å². The summed E-state index contributed by atoms with van der Waals surface area (Å²) in [4.78, 5) is 11.8. The van der Waals surface area contributed by atoms with Crippen molar-refractivity contribution < 1.29 is 9.78 Å². The van der Waals surface area contributed by atoms with Crippen molar-refractivity contribution in [3.63, 3.8) is 0 Å². The van der Waals surface area contributed by atoms with Crippen LogP contribution in [0.15, 0.2) is 24.3 Å². The zero-order valence-electron chi connectivity index (χ0n) is 13.0. The molecule has 112 valence electrons. The minimum absolute atomic E-state index is 0.0474. The maximum atomic E-state index is 6.01. The first-order chi connectivity index (χ1) is 10.1. The lowest BCUT2D eigenvalue weighted by molar-refractivity contribution is -0.590. The van der Waals surface area contributed by atoms with E-state index in [9.17, 15) is 0 Å².